The van der Waals surface area contributed by atoms with Gasteiger partial charge in [-0.15, -0.1) is 0 Å². The molecule has 0 bridgehead atoms. The molecule has 2 atom stereocenters. The van der Waals surface area contributed by atoms with Crippen molar-refractivity contribution in [2.24, 2.45) is 0 Å². The molecule has 0 aromatic carbocycles. The minimum atomic E-state index is -1.63. The van der Waals surface area contributed by atoms with Crippen LogP contribution in [-0.4, -0.2) is 82.3 Å². The van der Waals surface area contributed by atoms with Crippen molar-refractivity contribution in [1.29, 1.82) is 0 Å². The van der Waals surface area contributed by atoms with Crippen LogP contribution in [0.4, 0.5) is 0 Å². The van der Waals surface area contributed by atoms with Crippen LogP contribution in [-0.2, 0) is 33.3 Å². The van der Waals surface area contributed by atoms with Gasteiger partial charge < -0.3 is 33.3 Å². The molecule has 0 rings (SSSR count). The third kappa shape index (κ3) is 76.7. The maximum Gasteiger partial charge on any atom is 0.306 e. The molecule has 0 fully saturated rings. The highest BCUT2D eigenvalue weighted by Crippen LogP contribution is 2.18. The lowest BCUT2D eigenvalue weighted by Crippen LogP contribution is -2.44. The van der Waals surface area contributed by atoms with Crippen LogP contribution in [0.15, 0.2) is 134 Å². The highest BCUT2D eigenvalue weighted by molar-refractivity contribution is 5.70. The van der Waals surface area contributed by atoms with E-state index >= 15 is 0 Å². The summed E-state index contributed by atoms with van der Waals surface area (Å²) in [5, 5.41) is 11.9. The van der Waals surface area contributed by atoms with Crippen molar-refractivity contribution in [3.63, 3.8) is 0 Å². The Bertz CT molecular complexity index is 2030. The van der Waals surface area contributed by atoms with Gasteiger partial charge in [0.25, 0.3) is 0 Å². The fourth-order valence-electron chi connectivity index (χ4n) is 11.0. The molecule has 0 radical (unpaired) electrons. The Morgan fingerprint density at radius 1 is 0.316 bits per heavy atom. The van der Waals surface area contributed by atoms with Crippen molar-refractivity contribution >= 4 is 17.9 Å². The minimum Gasteiger partial charge on any atom is -0.545 e. The van der Waals surface area contributed by atoms with E-state index in [0.717, 1.165) is 109 Å². The number of esters is 2. The van der Waals surface area contributed by atoms with Gasteiger partial charge in [-0.1, -0.05) is 347 Å². The van der Waals surface area contributed by atoms with Crippen LogP contribution in [0.3, 0.4) is 0 Å². The molecule has 0 N–H and O–H groups in total. The van der Waals surface area contributed by atoms with E-state index < -0.39 is 24.3 Å². The molecule has 544 valence electrons. The number of rotatable bonds is 72. The van der Waals surface area contributed by atoms with E-state index in [1.165, 1.54) is 193 Å². The van der Waals surface area contributed by atoms with Gasteiger partial charge in [-0.05, 0) is 109 Å². The summed E-state index contributed by atoms with van der Waals surface area (Å²) in [4.78, 5) is 37.6. The van der Waals surface area contributed by atoms with Gasteiger partial charge in [-0.2, -0.15) is 0 Å². The van der Waals surface area contributed by atoms with Crippen LogP contribution in [0.5, 0.6) is 0 Å². The van der Waals surface area contributed by atoms with Gasteiger partial charge in [0.15, 0.2) is 12.4 Å². The quantitative estimate of drug-likeness (QED) is 0.0195. The molecule has 2 unspecified atom stereocenters. The lowest BCUT2D eigenvalue weighted by atomic mass is 10.0. The third-order valence-electron chi connectivity index (χ3n) is 16.9. The van der Waals surface area contributed by atoms with Crippen molar-refractivity contribution in [2.75, 3.05) is 47.5 Å². The lowest BCUT2D eigenvalue weighted by Gasteiger charge is -2.26. The number of carbonyl (C=O) groups is 3. The summed E-state index contributed by atoms with van der Waals surface area (Å²) in [6.07, 6.45) is 106. The molecular formula is C86H147NO8. The summed E-state index contributed by atoms with van der Waals surface area (Å²) in [7, 11) is 5.94. The summed E-state index contributed by atoms with van der Waals surface area (Å²) in [5.41, 5.74) is 0. The fourth-order valence-corrected chi connectivity index (χ4v) is 11.0. The molecule has 0 saturated carbocycles. The van der Waals surface area contributed by atoms with Crippen LogP contribution in [0.2, 0.25) is 0 Å². The molecule has 0 aliphatic rings. The fraction of sp³-hybridized carbons (Fsp3) is 0.709. The van der Waals surface area contributed by atoms with E-state index in [9.17, 15) is 19.5 Å². The number of hydrogen-bond acceptors (Lipinski definition) is 8. The Hall–Kier alpha value is -4.57. The number of ether oxygens (including phenoxy) is 4. The number of aliphatic carboxylic acids is 1. The predicted molar refractivity (Wildman–Crippen MR) is 407 cm³/mol. The smallest absolute Gasteiger partial charge is 0.306 e. The van der Waals surface area contributed by atoms with Crippen LogP contribution in [0.25, 0.3) is 0 Å². The zero-order valence-corrected chi connectivity index (χ0v) is 62.3. The first-order valence-electron chi connectivity index (χ1n) is 39.3. The zero-order chi connectivity index (χ0) is 69.0. The molecule has 9 heteroatoms. The summed E-state index contributed by atoms with van der Waals surface area (Å²) in [6.45, 7) is 4.55. The summed E-state index contributed by atoms with van der Waals surface area (Å²) >= 11 is 0. The van der Waals surface area contributed by atoms with Crippen LogP contribution in [0, 0.1) is 0 Å². The Balaban J connectivity index is 4.03. The van der Waals surface area contributed by atoms with Crippen LogP contribution >= 0.6 is 0 Å². The Labute approximate surface area is 586 Å². The lowest BCUT2D eigenvalue weighted by molar-refractivity contribution is -0.870. The highest BCUT2D eigenvalue weighted by atomic mass is 16.7. The molecule has 9 nitrogen and oxygen atoms in total. The number of carboxylic acids is 1. The predicted octanol–water partition coefficient (Wildman–Crippen LogP) is 23.9. The van der Waals surface area contributed by atoms with Crippen molar-refractivity contribution in [3.8, 4) is 0 Å². The second-order valence-corrected chi connectivity index (χ2v) is 27.2. The normalized spacial score (nSPS) is 13.4. The number of carbonyl (C=O) groups excluding carboxylic acids is 3. The van der Waals surface area contributed by atoms with Crippen molar-refractivity contribution < 1.29 is 42.9 Å². The van der Waals surface area contributed by atoms with Gasteiger partial charge in [0.05, 0.1) is 40.3 Å². The van der Waals surface area contributed by atoms with Crippen molar-refractivity contribution in [3.05, 3.63) is 134 Å². The van der Waals surface area contributed by atoms with E-state index in [1.807, 2.05) is 21.1 Å². The second kappa shape index (κ2) is 75.2. The molecule has 0 amide bonds. The number of nitrogens with zero attached hydrogens (tertiary/aromatic N) is 1. The Morgan fingerprint density at radius 3 is 0.842 bits per heavy atom. The van der Waals surface area contributed by atoms with Gasteiger partial charge in [0.1, 0.15) is 13.2 Å². The molecule has 0 heterocycles. The van der Waals surface area contributed by atoms with Gasteiger partial charge in [0, 0.05) is 12.8 Å². The number of quaternary nitrogens is 1. The number of allylic oxidation sites excluding steroid dienone is 22. The molecule has 0 saturated heterocycles. The molecule has 95 heavy (non-hydrogen) atoms. The monoisotopic (exact) mass is 1320 g/mol. The molecule has 0 aromatic rings. The average molecular weight is 1320 g/mol. The SMILES string of the molecule is CC/C=C\C/C=C\C/C=C\C/C=C\C/C=C\C/C=C\CCCCCCCCCCCCCCCCC(=O)OC(COC(=O)CCCCCCCCCCCCCCCCCCCCCCC/C=C\C/C=C\C/C=C\C/C=C\C/C=C\CC)COC(OCC[N+](C)(C)C)C(=O)[O-]. The molecule has 0 aromatic heterocycles. The Kier molecular flexibility index (Phi) is 71.6. The van der Waals surface area contributed by atoms with E-state index in [0.29, 0.717) is 23.9 Å². The maximum absolute atomic E-state index is 13.0. The van der Waals surface area contributed by atoms with Gasteiger partial charge in [-0.3, -0.25) is 9.59 Å². The topological polar surface area (TPSA) is 111 Å². The first-order valence-corrected chi connectivity index (χ1v) is 39.3. The van der Waals surface area contributed by atoms with E-state index in [4.69, 9.17) is 18.9 Å². The van der Waals surface area contributed by atoms with E-state index in [-0.39, 0.29) is 32.2 Å². The molecule has 0 spiro atoms. The number of likely N-dealkylation sites (N-methyl/N-ethyl adjacent to an activating group) is 1. The van der Waals surface area contributed by atoms with E-state index in [1.54, 1.807) is 0 Å². The van der Waals surface area contributed by atoms with Crippen LogP contribution in [0.1, 0.15) is 335 Å². The standard InChI is InChI=1S/C86H147NO8/c1-6-8-10-12-14-16-18-20-22-24-26-28-30-32-34-36-38-40-41-42-43-45-46-48-50-52-54-56-58-60-62-64-66-68-70-72-74-76-83(88)93-80-82(81-94-86(85(90)91)92-79-78-87(3,4)5)95-84(89)77-75-73-71-69-67-65-63-61-59-57-55-53-51-49-47-44-39-37-35-33-31-29-27-25-23-21-19-17-15-13-11-9-7-2/h8-11,14-17,20-23,26-29,32-35,39,44,82,86H,6-7,12-13,18-19,24-25,30-31,36-38,40-43,45-81H2,1-5H3/b10-8-,11-9-,16-14-,17-15-,22-20-,23-21-,28-26-,29-27-,34-32-,35-33-,44-39-. The highest BCUT2D eigenvalue weighted by Gasteiger charge is 2.22. The average Bonchev–Trinajstić information content (AvgIpc) is 3.75. The first-order chi connectivity index (χ1) is 46.6. The zero-order valence-electron chi connectivity index (χ0n) is 62.3. The first kappa shape index (κ1) is 90.4. The maximum atomic E-state index is 13.0. The number of unbranched alkanes of at least 4 members (excludes halogenated alkanes) is 35. The largest absolute Gasteiger partial charge is 0.545 e. The van der Waals surface area contributed by atoms with Gasteiger partial charge in [0.2, 0.25) is 0 Å². The summed E-state index contributed by atoms with van der Waals surface area (Å²) < 4.78 is 22.9. The minimum absolute atomic E-state index is 0.145. The molecule has 0 aliphatic heterocycles. The van der Waals surface area contributed by atoms with Gasteiger partial charge >= 0.3 is 11.9 Å². The van der Waals surface area contributed by atoms with Crippen molar-refractivity contribution in [1.82, 2.24) is 0 Å². The summed E-state index contributed by atoms with van der Waals surface area (Å²) in [5.74, 6) is -2.27. The van der Waals surface area contributed by atoms with Crippen molar-refractivity contribution in [2.45, 2.75) is 347 Å². The molecule has 0 aliphatic carbocycles. The number of carboxylic acid groups (broad SMARTS) is 1. The third-order valence-corrected chi connectivity index (χ3v) is 16.9. The Morgan fingerprint density at radius 2 is 0.568 bits per heavy atom. The van der Waals surface area contributed by atoms with Gasteiger partial charge in [-0.25, -0.2) is 0 Å². The number of hydrogen-bond donors (Lipinski definition) is 0. The van der Waals surface area contributed by atoms with Crippen LogP contribution < -0.4 is 5.11 Å². The molecular weight excluding hydrogens is 1170 g/mol. The van der Waals surface area contributed by atoms with E-state index in [2.05, 4.69) is 148 Å². The second-order valence-electron chi connectivity index (χ2n) is 27.2. The summed E-state index contributed by atoms with van der Waals surface area (Å²) in [6, 6.07) is 0.